The number of thiophene rings is 1. The van der Waals surface area contributed by atoms with Crippen molar-refractivity contribution in [3.8, 4) is 10.7 Å². The summed E-state index contributed by atoms with van der Waals surface area (Å²) < 4.78 is 12.8. The van der Waals surface area contributed by atoms with E-state index in [9.17, 15) is 4.79 Å². The van der Waals surface area contributed by atoms with Gasteiger partial charge < -0.3 is 14.0 Å². The summed E-state index contributed by atoms with van der Waals surface area (Å²) in [5.41, 5.74) is 0. The minimum Gasteiger partial charge on any atom is -0.462 e. The van der Waals surface area contributed by atoms with Crippen LogP contribution in [0.25, 0.3) is 10.7 Å². The number of imidazole rings is 1. The van der Waals surface area contributed by atoms with E-state index in [0.29, 0.717) is 18.2 Å². The molecule has 0 aliphatic carbocycles. The second-order valence-corrected chi connectivity index (χ2v) is 13.2. The molecule has 0 saturated carbocycles. The third-order valence-electron chi connectivity index (χ3n) is 3.25. The molecule has 0 aliphatic rings. The topological polar surface area (TPSA) is 53.3 Å². The molecule has 0 aliphatic heterocycles. The lowest BCUT2D eigenvalue weighted by Gasteiger charge is -2.15. The standard InChI is InChI=1S/C16H24N2O3SSi/c1-5-21-16(19)14-7-6-13(22-14)15-17-8-9-18(15)12-20-10-11-23(2,3)4/h6-9H,5,10-12H2,1-4H3. The molecule has 2 rings (SSSR count). The third-order valence-corrected chi connectivity index (χ3v) is 6.01. The first-order chi connectivity index (χ1) is 10.9. The maximum absolute atomic E-state index is 11.8. The van der Waals surface area contributed by atoms with Crippen molar-refractivity contribution < 1.29 is 14.3 Å². The highest BCUT2D eigenvalue weighted by Crippen LogP contribution is 2.27. The van der Waals surface area contributed by atoms with Crippen LogP contribution in [0.5, 0.6) is 0 Å². The number of ether oxygens (including phenoxy) is 2. The summed E-state index contributed by atoms with van der Waals surface area (Å²) in [7, 11) is -1.07. The van der Waals surface area contributed by atoms with Crippen LogP contribution in [0.4, 0.5) is 0 Å². The van der Waals surface area contributed by atoms with Gasteiger partial charge in [-0.2, -0.15) is 0 Å². The smallest absolute Gasteiger partial charge is 0.348 e. The Bertz CT molecular complexity index is 646. The van der Waals surface area contributed by atoms with E-state index >= 15 is 0 Å². The Balaban J connectivity index is 1.99. The fraction of sp³-hybridized carbons (Fsp3) is 0.500. The van der Waals surface area contributed by atoms with Gasteiger partial charge in [0.05, 0.1) is 11.5 Å². The van der Waals surface area contributed by atoms with E-state index in [1.54, 1.807) is 19.2 Å². The fourth-order valence-corrected chi connectivity index (χ4v) is 3.62. The normalized spacial score (nSPS) is 11.7. The molecule has 0 saturated heterocycles. The van der Waals surface area contributed by atoms with Gasteiger partial charge in [0, 0.05) is 27.1 Å². The number of carbonyl (C=O) groups excluding carboxylic acids is 1. The molecule has 0 fully saturated rings. The number of rotatable bonds is 8. The van der Waals surface area contributed by atoms with Crippen molar-refractivity contribution in [1.82, 2.24) is 9.55 Å². The van der Waals surface area contributed by atoms with Crippen LogP contribution >= 0.6 is 11.3 Å². The summed E-state index contributed by atoms with van der Waals surface area (Å²) in [5, 5.41) is 0. The highest BCUT2D eigenvalue weighted by atomic mass is 32.1. The summed E-state index contributed by atoms with van der Waals surface area (Å²) in [6, 6.07) is 4.82. The zero-order valence-electron chi connectivity index (χ0n) is 14.2. The molecule has 0 aromatic carbocycles. The minimum absolute atomic E-state index is 0.284. The van der Waals surface area contributed by atoms with Crippen LogP contribution in [0.2, 0.25) is 25.7 Å². The number of aromatic nitrogens is 2. The lowest BCUT2D eigenvalue weighted by molar-refractivity contribution is 0.0532. The van der Waals surface area contributed by atoms with Gasteiger partial charge in [0.2, 0.25) is 0 Å². The molecule has 5 nitrogen and oxygen atoms in total. The van der Waals surface area contributed by atoms with Crippen LogP contribution in [-0.2, 0) is 16.2 Å². The minimum atomic E-state index is -1.07. The van der Waals surface area contributed by atoms with Crippen molar-refractivity contribution in [2.24, 2.45) is 0 Å². The SMILES string of the molecule is CCOC(=O)c1ccc(-c2nccn2COCC[Si](C)(C)C)s1. The van der Waals surface area contributed by atoms with Gasteiger partial charge in [-0.3, -0.25) is 0 Å². The molecule has 7 heteroatoms. The Morgan fingerprint density at radius 1 is 1.35 bits per heavy atom. The predicted octanol–water partition coefficient (Wildman–Crippen LogP) is 4.10. The van der Waals surface area contributed by atoms with Crippen molar-refractivity contribution in [2.45, 2.75) is 39.3 Å². The van der Waals surface area contributed by atoms with E-state index in [1.807, 2.05) is 16.8 Å². The van der Waals surface area contributed by atoms with Crippen molar-refractivity contribution in [3.63, 3.8) is 0 Å². The Hall–Kier alpha value is -1.44. The molecule has 2 aromatic heterocycles. The number of hydrogen-bond donors (Lipinski definition) is 0. The van der Waals surface area contributed by atoms with Crippen molar-refractivity contribution >= 4 is 25.4 Å². The first-order valence-corrected chi connectivity index (χ1v) is 12.3. The van der Waals surface area contributed by atoms with E-state index in [4.69, 9.17) is 9.47 Å². The Labute approximate surface area is 142 Å². The van der Waals surface area contributed by atoms with E-state index in [2.05, 4.69) is 24.6 Å². The average Bonchev–Trinajstić information content (AvgIpc) is 3.11. The largest absolute Gasteiger partial charge is 0.462 e. The van der Waals surface area contributed by atoms with Gasteiger partial charge >= 0.3 is 5.97 Å². The van der Waals surface area contributed by atoms with Gasteiger partial charge in [0.1, 0.15) is 11.6 Å². The fourth-order valence-electron chi connectivity index (χ4n) is 1.95. The van der Waals surface area contributed by atoms with Crippen LogP contribution in [-0.4, -0.2) is 36.8 Å². The number of carbonyl (C=O) groups is 1. The predicted molar refractivity (Wildman–Crippen MR) is 95.6 cm³/mol. The lowest BCUT2D eigenvalue weighted by Crippen LogP contribution is -2.22. The van der Waals surface area contributed by atoms with Gasteiger partial charge in [0.25, 0.3) is 0 Å². The second kappa shape index (κ2) is 7.90. The van der Waals surface area contributed by atoms with Gasteiger partial charge in [-0.1, -0.05) is 19.6 Å². The summed E-state index contributed by atoms with van der Waals surface area (Å²) in [6.45, 7) is 10.4. The first kappa shape index (κ1) is 17.9. The monoisotopic (exact) mass is 352 g/mol. The molecule has 0 spiro atoms. The number of hydrogen-bond acceptors (Lipinski definition) is 5. The molecule has 0 unspecified atom stereocenters. The van der Waals surface area contributed by atoms with Gasteiger partial charge in [-0.15, -0.1) is 11.3 Å². The number of esters is 1. The molecule has 0 bridgehead atoms. The molecule has 2 heterocycles. The van der Waals surface area contributed by atoms with E-state index in [0.717, 1.165) is 23.4 Å². The van der Waals surface area contributed by atoms with Crippen LogP contribution in [0.3, 0.4) is 0 Å². The van der Waals surface area contributed by atoms with Crippen LogP contribution in [0.1, 0.15) is 16.6 Å². The molecular formula is C16H24N2O3SSi. The Morgan fingerprint density at radius 3 is 2.83 bits per heavy atom. The first-order valence-electron chi connectivity index (χ1n) is 7.77. The molecule has 0 amide bonds. The molecule has 0 N–H and O–H groups in total. The maximum atomic E-state index is 11.8. The molecule has 0 radical (unpaired) electrons. The quantitative estimate of drug-likeness (QED) is 0.408. The average molecular weight is 353 g/mol. The molecule has 126 valence electrons. The Kier molecular flexibility index (Phi) is 6.15. The maximum Gasteiger partial charge on any atom is 0.348 e. The third kappa shape index (κ3) is 5.30. The van der Waals surface area contributed by atoms with Crippen molar-refractivity contribution in [2.75, 3.05) is 13.2 Å². The van der Waals surface area contributed by atoms with Crippen LogP contribution < -0.4 is 0 Å². The number of nitrogens with zero attached hydrogens (tertiary/aromatic N) is 2. The Morgan fingerprint density at radius 2 is 2.13 bits per heavy atom. The van der Waals surface area contributed by atoms with E-state index < -0.39 is 8.07 Å². The summed E-state index contributed by atoms with van der Waals surface area (Å²) in [5.74, 6) is 0.534. The summed E-state index contributed by atoms with van der Waals surface area (Å²) in [6.07, 6.45) is 3.65. The summed E-state index contributed by atoms with van der Waals surface area (Å²) >= 11 is 1.39. The summed E-state index contributed by atoms with van der Waals surface area (Å²) in [4.78, 5) is 17.7. The molecule has 0 atom stereocenters. The van der Waals surface area contributed by atoms with Gasteiger partial charge in [-0.25, -0.2) is 9.78 Å². The van der Waals surface area contributed by atoms with Crippen LogP contribution in [0, 0.1) is 0 Å². The van der Waals surface area contributed by atoms with Crippen molar-refractivity contribution in [1.29, 1.82) is 0 Å². The van der Waals surface area contributed by atoms with E-state index in [-0.39, 0.29) is 5.97 Å². The van der Waals surface area contributed by atoms with Crippen LogP contribution in [0.15, 0.2) is 24.5 Å². The van der Waals surface area contributed by atoms with E-state index in [1.165, 1.54) is 11.3 Å². The lowest BCUT2D eigenvalue weighted by atomic mass is 10.4. The highest BCUT2D eigenvalue weighted by Gasteiger charge is 2.15. The van der Waals surface area contributed by atoms with Crippen molar-refractivity contribution in [3.05, 3.63) is 29.4 Å². The van der Waals surface area contributed by atoms with Gasteiger partial charge in [-0.05, 0) is 25.1 Å². The molecular weight excluding hydrogens is 328 g/mol. The zero-order chi connectivity index (χ0) is 16.9. The molecule has 2 aromatic rings. The highest BCUT2D eigenvalue weighted by molar-refractivity contribution is 7.17. The zero-order valence-corrected chi connectivity index (χ0v) is 16.0. The second-order valence-electron chi connectivity index (χ2n) is 6.45. The van der Waals surface area contributed by atoms with Gasteiger partial charge in [0.15, 0.2) is 5.82 Å². The molecule has 23 heavy (non-hydrogen) atoms.